The summed E-state index contributed by atoms with van der Waals surface area (Å²) < 4.78 is 0. The van der Waals surface area contributed by atoms with Gasteiger partial charge in [0.1, 0.15) is 0 Å². The summed E-state index contributed by atoms with van der Waals surface area (Å²) in [5.74, 6) is 0.580. The summed E-state index contributed by atoms with van der Waals surface area (Å²) in [6.07, 6.45) is 4.74. The molecule has 0 fully saturated rings. The molecular weight excluding hydrogens is 236 g/mol. The topological polar surface area (TPSA) is 55.1 Å². The highest BCUT2D eigenvalue weighted by Gasteiger charge is 2.10. The van der Waals surface area contributed by atoms with Crippen molar-refractivity contribution in [2.45, 2.75) is 46.5 Å². The largest absolute Gasteiger partial charge is 0.399 e. The minimum Gasteiger partial charge on any atom is -0.399 e. The number of amides is 1. The normalized spacial score (nSPS) is 12.2. The Bertz CT molecular complexity index is 415. The van der Waals surface area contributed by atoms with Gasteiger partial charge in [0, 0.05) is 17.8 Å². The molecule has 1 unspecified atom stereocenters. The molecule has 0 radical (unpaired) electrons. The molecule has 0 aliphatic rings. The lowest BCUT2D eigenvalue weighted by molar-refractivity contribution is 0.0946. The summed E-state index contributed by atoms with van der Waals surface area (Å²) in [4.78, 5) is 12.1. The Hall–Kier alpha value is -1.51. The van der Waals surface area contributed by atoms with Crippen LogP contribution in [0.5, 0.6) is 0 Å². The number of carbonyl (C=O) groups excluding carboxylic acids is 1. The molecule has 0 aliphatic heterocycles. The summed E-state index contributed by atoms with van der Waals surface area (Å²) >= 11 is 0. The van der Waals surface area contributed by atoms with E-state index in [2.05, 4.69) is 19.2 Å². The second-order valence-electron chi connectivity index (χ2n) is 5.20. The van der Waals surface area contributed by atoms with Gasteiger partial charge in [-0.15, -0.1) is 0 Å². The summed E-state index contributed by atoms with van der Waals surface area (Å²) in [6.45, 7) is 7.06. The van der Waals surface area contributed by atoms with Crippen LogP contribution in [0.3, 0.4) is 0 Å². The maximum Gasteiger partial charge on any atom is 0.251 e. The number of nitrogen functional groups attached to an aromatic ring is 1. The third-order valence-corrected chi connectivity index (χ3v) is 3.63. The predicted octanol–water partition coefficient (Wildman–Crippen LogP) is 3.52. The molecule has 1 rings (SSSR count). The van der Waals surface area contributed by atoms with Gasteiger partial charge in [0.15, 0.2) is 0 Å². The number of carbonyl (C=O) groups is 1. The van der Waals surface area contributed by atoms with Gasteiger partial charge >= 0.3 is 0 Å². The average Bonchev–Trinajstić information content (AvgIpc) is 2.41. The van der Waals surface area contributed by atoms with Crippen LogP contribution in [0.1, 0.15) is 55.5 Å². The van der Waals surface area contributed by atoms with Gasteiger partial charge in [-0.05, 0) is 43.0 Å². The standard InChI is InChI=1S/C16H26N2O/c1-4-6-7-13(5-2)11-18-16(19)14-8-9-15(17)12(3)10-14/h8-10,13H,4-7,11,17H2,1-3H3,(H,18,19). The molecule has 1 aromatic carbocycles. The maximum atomic E-state index is 12.1. The number of nitrogens with two attached hydrogens (primary N) is 1. The molecule has 0 heterocycles. The first-order valence-corrected chi connectivity index (χ1v) is 7.22. The smallest absolute Gasteiger partial charge is 0.251 e. The lowest BCUT2D eigenvalue weighted by atomic mass is 9.99. The summed E-state index contributed by atoms with van der Waals surface area (Å²) in [5.41, 5.74) is 8.12. The van der Waals surface area contributed by atoms with Crippen LogP contribution in [0, 0.1) is 12.8 Å². The second-order valence-corrected chi connectivity index (χ2v) is 5.20. The molecule has 3 N–H and O–H groups in total. The average molecular weight is 262 g/mol. The molecule has 0 saturated heterocycles. The number of nitrogens with one attached hydrogen (secondary N) is 1. The maximum absolute atomic E-state index is 12.1. The Kier molecular flexibility index (Phi) is 6.40. The zero-order valence-corrected chi connectivity index (χ0v) is 12.3. The molecule has 1 aromatic rings. The third kappa shape index (κ3) is 4.93. The van der Waals surface area contributed by atoms with Crippen LogP contribution < -0.4 is 11.1 Å². The number of benzene rings is 1. The molecule has 3 nitrogen and oxygen atoms in total. The van der Waals surface area contributed by atoms with Gasteiger partial charge in [0.25, 0.3) is 5.91 Å². The van der Waals surface area contributed by atoms with Crippen LogP contribution in [-0.2, 0) is 0 Å². The van der Waals surface area contributed by atoms with Gasteiger partial charge in [-0.1, -0.05) is 33.1 Å². The minimum atomic E-state index is -0.00181. The lowest BCUT2D eigenvalue weighted by Gasteiger charge is -2.15. The van der Waals surface area contributed by atoms with E-state index in [0.29, 0.717) is 11.5 Å². The van der Waals surface area contributed by atoms with Crippen molar-refractivity contribution < 1.29 is 4.79 Å². The summed E-state index contributed by atoms with van der Waals surface area (Å²) in [6, 6.07) is 5.42. The summed E-state index contributed by atoms with van der Waals surface area (Å²) in [5, 5.41) is 3.03. The van der Waals surface area contributed by atoms with E-state index in [0.717, 1.165) is 24.2 Å². The molecule has 3 heteroatoms. The number of anilines is 1. The SMILES string of the molecule is CCCCC(CC)CNC(=O)c1ccc(N)c(C)c1. The van der Waals surface area contributed by atoms with E-state index < -0.39 is 0 Å². The van der Waals surface area contributed by atoms with Crippen LogP contribution in [0.2, 0.25) is 0 Å². The molecule has 0 spiro atoms. The zero-order chi connectivity index (χ0) is 14.3. The molecule has 19 heavy (non-hydrogen) atoms. The Balaban J connectivity index is 2.52. The van der Waals surface area contributed by atoms with Gasteiger partial charge in [0.05, 0.1) is 0 Å². The molecule has 1 amide bonds. The highest BCUT2D eigenvalue weighted by atomic mass is 16.1. The van der Waals surface area contributed by atoms with Crippen molar-refractivity contribution in [3.8, 4) is 0 Å². The van der Waals surface area contributed by atoms with E-state index in [1.54, 1.807) is 12.1 Å². The molecule has 1 atom stereocenters. The fraction of sp³-hybridized carbons (Fsp3) is 0.562. The van der Waals surface area contributed by atoms with Crippen molar-refractivity contribution in [2.24, 2.45) is 5.92 Å². The number of unbranched alkanes of at least 4 members (excludes halogenated alkanes) is 1. The molecular formula is C16H26N2O. The quantitative estimate of drug-likeness (QED) is 0.739. The number of rotatable bonds is 7. The first-order valence-electron chi connectivity index (χ1n) is 7.22. The van der Waals surface area contributed by atoms with E-state index in [-0.39, 0.29) is 5.91 Å². The van der Waals surface area contributed by atoms with Crippen LogP contribution in [0.15, 0.2) is 18.2 Å². The first kappa shape index (κ1) is 15.5. The van der Waals surface area contributed by atoms with Crippen molar-refractivity contribution in [3.63, 3.8) is 0 Å². The Morgan fingerprint density at radius 1 is 1.37 bits per heavy atom. The van der Waals surface area contributed by atoms with E-state index in [1.807, 2.05) is 13.0 Å². The van der Waals surface area contributed by atoms with Crippen LogP contribution in [0.25, 0.3) is 0 Å². The van der Waals surface area contributed by atoms with Gasteiger partial charge in [-0.25, -0.2) is 0 Å². The highest BCUT2D eigenvalue weighted by Crippen LogP contribution is 2.14. The van der Waals surface area contributed by atoms with E-state index in [9.17, 15) is 4.79 Å². The van der Waals surface area contributed by atoms with Crippen LogP contribution in [0.4, 0.5) is 5.69 Å². The monoisotopic (exact) mass is 262 g/mol. The fourth-order valence-corrected chi connectivity index (χ4v) is 2.10. The van der Waals surface area contributed by atoms with E-state index in [1.165, 1.54) is 19.3 Å². The zero-order valence-electron chi connectivity index (χ0n) is 12.3. The lowest BCUT2D eigenvalue weighted by Crippen LogP contribution is -2.29. The van der Waals surface area contributed by atoms with E-state index >= 15 is 0 Å². The third-order valence-electron chi connectivity index (χ3n) is 3.63. The number of aryl methyl sites for hydroxylation is 1. The Labute approximate surface area is 116 Å². The number of hydrogen-bond donors (Lipinski definition) is 2. The Morgan fingerprint density at radius 3 is 2.68 bits per heavy atom. The van der Waals surface area contributed by atoms with Gasteiger partial charge in [-0.3, -0.25) is 4.79 Å². The molecule has 0 aliphatic carbocycles. The molecule has 0 aromatic heterocycles. The summed E-state index contributed by atoms with van der Waals surface area (Å²) in [7, 11) is 0. The van der Waals surface area contributed by atoms with Gasteiger partial charge in [-0.2, -0.15) is 0 Å². The van der Waals surface area contributed by atoms with Gasteiger partial charge < -0.3 is 11.1 Å². The Morgan fingerprint density at radius 2 is 2.11 bits per heavy atom. The van der Waals surface area contributed by atoms with Crippen molar-refractivity contribution in [2.75, 3.05) is 12.3 Å². The fourth-order valence-electron chi connectivity index (χ4n) is 2.10. The van der Waals surface area contributed by atoms with Crippen LogP contribution in [-0.4, -0.2) is 12.5 Å². The first-order chi connectivity index (χ1) is 9.08. The highest BCUT2D eigenvalue weighted by molar-refractivity contribution is 5.94. The second kappa shape index (κ2) is 7.82. The number of hydrogen-bond acceptors (Lipinski definition) is 2. The predicted molar refractivity (Wildman–Crippen MR) is 81.2 cm³/mol. The van der Waals surface area contributed by atoms with Gasteiger partial charge in [0.2, 0.25) is 0 Å². The van der Waals surface area contributed by atoms with E-state index in [4.69, 9.17) is 5.73 Å². The van der Waals surface area contributed by atoms with Crippen molar-refractivity contribution in [1.29, 1.82) is 0 Å². The van der Waals surface area contributed by atoms with Crippen molar-refractivity contribution >= 4 is 11.6 Å². The molecule has 0 bridgehead atoms. The van der Waals surface area contributed by atoms with Crippen molar-refractivity contribution in [1.82, 2.24) is 5.32 Å². The van der Waals surface area contributed by atoms with Crippen molar-refractivity contribution in [3.05, 3.63) is 29.3 Å². The van der Waals surface area contributed by atoms with Crippen LogP contribution >= 0.6 is 0 Å². The minimum absolute atomic E-state index is 0.00181. The molecule has 106 valence electrons. The molecule has 0 saturated carbocycles.